The van der Waals surface area contributed by atoms with Crippen LogP contribution >= 0.6 is 0 Å². The number of nitro benzene ring substituents is 1. The number of rotatable bonds is 5. The third kappa shape index (κ3) is 3.98. The second kappa shape index (κ2) is 8.03. The Morgan fingerprint density at radius 3 is 2.38 bits per heavy atom. The molecule has 3 rings (SSSR count). The lowest BCUT2D eigenvalue weighted by Gasteiger charge is -2.40. The molecular weight excluding hydrogens is 332 g/mol. The van der Waals surface area contributed by atoms with Gasteiger partial charge in [0.15, 0.2) is 0 Å². The van der Waals surface area contributed by atoms with Crippen molar-refractivity contribution < 1.29 is 9.72 Å². The van der Waals surface area contributed by atoms with Crippen LogP contribution < -0.4 is 10.6 Å². The molecule has 7 nitrogen and oxygen atoms in total. The Hall–Kier alpha value is -2.15. The highest BCUT2D eigenvalue weighted by atomic mass is 16.6. The molecule has 1 heterocycles. The first kappa shape index (κ1) is 18.6. The molecule has 0 radical (unpaired) electrons. The summed E-state index contributed by atoms with van der Waals surface area (Å²) < 4.78 is 0. The average Bonchev–Trinajstić information content (AvgIpc) is 2.68. The van der Waals surface area contributed by atoms with Gasteiger partial charge >= 0.3 is 0 Å². The van der Waals surface area contributed by atoms with Crippen molar-refractivity contribution in [3.63, 3.8) is 0 Å². The number of nitrogens with zero attached hydrogens (tertiary/aromatic N) is 3. The van der Waals surface area contributed by atoms with Crippen molar-refractivity contribution in [1.82, 2.24) is 4.90 Å². The lowest BCUT2D eigenvalue weighted by molar-refractivity contribution is -0.384. The normalized spacial score (nSPS) is 20.0. The number of hydrogen-bond acceptors (Lipinski definition) is 5. The van der Waals surface area contributed by atoms with Gasteiger partial charge in [-0.3, -0.25) is 14.9 Å². The first-order valence-electron chi connectivity index (χ1n) is 9.51. The molecule has 1 aromatic carbocycles. The zero-order valence-corrected chi connectivity index (χ0v) is 15.2. The van der Waals surface area contributed by atoms with Crippen LogP contribution in [0.2, 0.25) is 0 Å². The summed E-state index contributed by atoms with van der Waals surface area (Å²) in [6.45, 7) is 3.02. The summed E-state index contributed by atoms with van der Waals surface area (Å²) >= 11 is 0. The van der Waals surface area contributed by atoms with Crippen molar-refractivity contribution in [2.24, 2.45) is 11.1 Å². The van der Waals surface area contributed by atoms with E-state index in [-0.39, 0.29) is 21.9 Å². The Bertz CT molecular complexity index is 650. The summed E-state index contributed by atoms with van der Waals surface area (Å²) in [5.41, 5.74) is 6.75. The smallest absolute Gasteiger partial charge is 0.292 e. The van der Waals surface area contributed by atoms with E-state index in [2.05, 4.69) is 0 Å². The summed E-state index contributed by atoms with van der Waals surface area (Å²) in [6, 6.07) is 6.80. The van der Waals surface area contributed by atoms with Crippen molar-refractivity contribution in [2.45, 2.75) is 38.5 Å². The largest absolute Gasteiger partial charge is 0.362 e. The molecule has 0 bridgehead atoms. The van der Waals surface area contributed by atoms with Crippen LogP contribution in [0.25, 0.3) is 0 Å². The number of piperazine rings is 1. The summed E-state index contributed by atoms with van der Waals surface area (Å²) in [4.78, 5) is 27.6. The van der Waals surface area contributed by atoms with Gasteiger partial charge in [-0.05, 0) is 30.9 Å². The average molecular weight is 360 g/mol. The lowest BCUT2D eigenvalue weighted by Crippen LogP contribution is -2.50. The van der Waals surface area contributed by atoms with Gasteiger partial charge in [-0.15, -0.1) is 0 Å². The van der Waals surface area contributed by atoms with Gasteiger partial charge in [0.1, 0.15) is 5.69 Å². The van der Waals surface area contributed by atoms with E-state index in [4.69, 9.17) is 5.73 Å². The van der Waals surface area contributed by atoms with E-state index in [0.717, 1.165) is 25.7 Å². The molecule has 0 aromatic heterocycles. The molecule has 7 heteroatoms. The fourth-order valence-electron chi connectivity index (χ4n) is 4.27. The predicted molar refractivity (Wildman–Crippen MR) is 101 cm³/mol. The molecule has 1 saturated heterocycles. The Morgan fingerprint density at radius 2 is 1.77 bits per heavy atom. The van der Waals surface area contributed by atoms with E-state index in [9.17, 15) is 14.9 Å². The van der Waals surface area contributed by atoms with Crippen molar-refractivity contribution in [3.05, 3.63) is 34.4 Å². The van der Waals surface area contributed by atoms with E-state index >= 15 is 0 Å². The lowest BCUT2D eigenvalue weighted by atomic mass is 9.71. The molecule has 142 valence electrons. The van der Waals surface area contributed by atoms with Crippen LogP contribution in [-0.2, 0) is 4.79 Å². The van der Waals surface area contributed by atoms with Crippen LogP contribution in [0, 0.1) is 15.5 Å². The molecule has 1 aliphatic heterocycles. The van der Waals surface area contributed by atoms with Crippen molar-refractivity contribution in [1.29, 1.82) is 0 Å². The fraction of sp³-hybridized carbons (Fsp3) is 0.632. The second-order valence-electron chi connectivity index (χ2n) is 7.56. The van der Waals surface area contributed by atoms with Gasteiger partial charge in [0, 0.05) is 38.7 Å². The van der Waals surface area contributed by atoms with Crippen LogP contribution in [0.3, 0.4) is 0 Å². The molecule has 2 N–H and O–H groups in total. The van der Waals surface area contributed by atoms with E-state index < -0.39 is 0 Å². The van der Waals surface area contributed by atoms with Crippen molar-refractivity contribution >= 4 is 17.3 Å². The maximum Gasteiger partial charge on any atom is 0.292 e. The third-order valence-corrected chi connectivity index (χ3v) is 5.92. The Morgan fingerprint density at radius 1 is 1.12 bits per heavy atom. The second-order valence-corrected chi connectivity index (χ2v) is 7.56. The minimum absolute atomic E-state index is 0.0231. The minimum Gasteiger partial charge on any atom is -0.362 e. The number of hydrogen-bond donors (Lipinski definition) is 1. The molecule has 1 amide bonds. The summed E-state index contributed by atoms with van der Waals surface area (Å²) in [6.07, 6.45) is 6.20. The molecule has 26 heavy (non-hydrogen) atoms. The Labute approximate surface area is 154 Å². The van der Waals surface area contributed by atoms with Crippen LogP contribution in [0.5, 0.6) is 0 Å². The van der Waals surface area contributed by atoms with Crippen LogP contribution in [0.4, 0.5) is 11.4 Å². The standard InChI is InChI=1S/C19H28N4O3/c20-15-19(8-4-1-5-9-19)14-18(24)22-12-10-21(11-13-22)16-6-2-3-7-17(16)23(25)26/h2-3,6-7H,1,4-5,8-15,20H2. The van der Waals surface area contributed by atoms with Gasteiger partial charge in [-0.25, -0.2) is 0 Å². The number of amides is 1. The number of anilines is 1. The molecule has 1 aliphatic carbocycles. The summed E-state index contributed by atoms with van der Waals surface area (Å²) in [5.74, 6) is 0.180. The molecule has 2 aliphatic rings. The number of para-hydroxylation sites is 2. The molecule has 0 unspecified atom stereocenters. The number of carbonyl (C=O) groups excluding carboxylic acids is 1. The highest BCUT2D eigenvalue weighted by Crippen LogP contribution is 2.39. The van der Waals surface area contributed by atoms with Gasteiger partial charge in [-0.2, -0.15) is 0 Å². The highest BCUT2D eigenvalue weighted by Gasteiger charge is 2.35. The number of nitrogens with two attached hydrogens (primary N) is 1. The van der Waals surface area contributed by atoms with E-state index in [1.807, 2.05) is 15.9 Å². The maximum atomic E-state index is 12.8. The van der Waals surface area contributed by atoms with Gasteiger partial charge < -0.3 is 15.5 Å². The Kier molecular flexibility index (Phi) is 5.76. The Balaban J connectivity index is 1.60. The maximum absolute atomic E-state index is 12.8. The number of carbonyl (C=O) groups is 1. The summed E-state index contributed by atoms with van der Waals surface area (Å²) in [5, 5.41) is 11.2. The molecular formula is C19H28N4O3. The van der Waals surface area contributed by atoms with Crippen LogP contribution in [-0.4, -0.2) is 48.5 Å². The molecule has 1 aromatic rings. The predicted octanol–water partition coefficient (Wildman–Crippen LogP) is 2.54. The van der Waals surface area contributed by atoms with Crippen molar-refractivity contribution in [2.75, 3.05) is 37.6 Å². The van der Waals surface area contributed by atoms with Crippen LogP contribution in [0.1, 0.15) is 38.5 Å². The van der Waals surface area contributed by atoms with Gasteiger partial charge in [-0.1, -0.05) is 31.4 Å². The molecule has 0 spiro atoms. The van der Waals surface area contributed by atoms with E-state index in [1.165, 1.54) is 12.5 Å². The SMILES string of the molecule is NCC1(CC(=O)N2CCN(c3ccccc3[N+](=O)[O-])CC2)CCCCC1. The minimum atomic E-state index is -0.346. The van der Waals surface area contributed by atoms with E-state index in [0.29, 0.717) is 44.8 Å². The van der Waals surface area contributed by atoms with Crippen molar-refractivity contribution in [3.8, 4) is 0 Å². The van der Waals surface area contributed by atoms with Gasteiger partial charge in [0.05, 0.1) is 4.92 Å². The number of nitro groups is 1. The fourth-order valence-corrected chi connectivity index (χ4v) is 4.27. The van der Waals surface area contributed by atoms with E-state index in [1.54, 1.807) is 12.1 Å². The molecule has 0 atom stereocenters. The molecule has 2 fully saturated rings. The van der Waals surface area contributed by atoms with Crippen LogP contribution in [0.15, 0.2) is 24.3 Å². The van der Waals surface area contributed by atoms with Gasteiger partial charge in [0.25, 0.3) is 5.69 Å². The first-order valence-corrected chi connectivity index (χ1v) is 9.51. The monoisotopic (exact) mass is 360 g/mol. The zero-order chi connectivity index (χ0) is 18.6. The number of benzene rings is 1. The third-order valence-electron chi connectivity index (χ3n) is 5.92. The quantitative estimate of drug-likeness (QED) is 0.643. The van der Waals surface area contributed by atoms with Gasteiger partial charge in [0.2, 0.25) is 5.91 Å². The highest BCUT2D eigenvalue weighted by molar-refractivity contribution is 5.77. The zero-order valence-electron chi connectivity index (χ0n) is 15.2. The molecule has 1 saturated carbocycles. The topological polar surface area (TPSA) is 92.7 Å². The summed E-state index contributed by atoms with van der Waals surface area (Å²) in [7, 11) is 0. The first-order chi connectivity index (χ1) is 12.5.